The minimum Gasteiger partial charge on any atom is -0.342 e. The van der Waals surface area contributed by atoms with E-state index in [1.165, 1.54) is 0 Å². The molecule has 1 aliphatic rings. The Bertz CT molecular complexity index is 386. The number of carbonyl (C=O) groups excluding carboxylic acids is 1. The van der Waals surface area contributed by atoms with Gasteiger partial charge in [-0.2, -0.15) is 5.26 Å². The molecule has 0 spiro atoms. The first kappa shape index (κ1) is 7.74. The standard InChI is InChI=1S/C9H7N3O/c10-4-7-1-2-11-9(3-7)12-5-8(13)6-12/h1-3H,5-6H2. The molecule has 1 fully saturated rings. The van der Waals surface area contributed by atoms with E-state index in [9.17, 15) is 4.79 Å². The summed E-state index contributed by atoms with van der Waals surface area (Å²) >= 11 is 0. The third kappa shape index (κ3) is 1.36. The molecule has 4 heteroatoms. The first-order valence-electron chi connectivity index (χ1n) is 3.92. The Labute approximate surface area is 75.4 Å². The van der Waals surface area contributed by atoms with Gasteiger partial charge >= 0.3 is 0 Å². The number of hydrogen-bond donors (Lipinski definition) is 0. The van der Waals surface area contributed by atoms with Crippen molar-refractivity contribution in [3.63, 3.8) is 0 Å². The molecule has 0 aromatic carbocycles. The second kappa shape index (κ2) is 2.87. The Kier molecular flexibility index (Phi) is 1.71. The highest BCUT2D eigenvalue weighted by Crippen LogP contribution is 2.16. The molecule has 0 unspecified atom stereocenters. The molecule has 0 aliphatic carbocycles. The van der Waals surface area contributed by atoms with E-state index >= 15 is 0 Å². The molecule has 0 radical (unpaired) electrons. The highest BCUT2D eigenvalue weighted by atomic mass is 16.1. The fourth-order valence-electron chi connectivity index (χ4n) is 1.20. The molecule has 0 N–H and O–H groups in total. The largest absolute Gasteiger partial charge is 0.342 e. The molecule has 0 bridgehead atoms. The van der Waals surface area contributed by atoms with Crippen molar-refractivity contribution in [1.82, 2.24) is 4.98 Å². The van der Waals surface area contributed by atoms with E-state index in [4.69, 9.17) is 5.26 Å². The summed E-state index contributed by atoms with van der Waals surface area (Å²) in [4.78, 5) is 16.6. The van der Waals surface area contributed by atoms with Crippen molar-refractivity contribution in [2.24, 2.45) is 0 Å². The molecular weight excluding hydrogens is 166 g/mol. The van der Waals surface area contributed by atoms with Crippen LogP contribution < -0.4 is 4.90 Å². The zero-order valence-electron chi connectivity index (χ0n) is 6.90. The number of nitriles is 1. The third-order valence-corrected chi connectivity index (χ3v) is 1.93. The monoisotopic (exact) mass is 173 g/mol. The van der Waals surface area contributed by atoms with E-state index in [-0.39, 0.29) is 5.78 Å². The lowest BCUT2D eigenvalue weighted by Crippen LogP contribution is -2.47. The normalized spacial score (nSPS) is 15.0. The van der Waals surface area contributed by atoms with Gasteiger partial charge in [0.1, 0.15) is 5.82 Å². The van der Waals surface area contributed by atoms with Gasteiger partial charge in [-0.1, -0.05) is 0 Å². The molecule has 1 aromatic rings. The van der Waals surface area contributed by atoms with Crippen LogP contribution in [0, 0.1) is 11.3 Å². The molecule has 2 heterocycles. The second-order valence-electron chi connectivity index (χ2n) is 2.91. The summed E-state index contributed by atoms with van der Waals surface area (Å²) in [7, 11) is 0. The van der Waals surface area contributed by atoms with Crippen molar-refractivity contribution >= 4 is 11.6 Å². The summed E-state index contributed by atoms with van der Waals surface area (Å²) in [6.45, 7) is 0.837. The molecule has 1 aliphatic heterocycles. The Morgan fingerprint density at radius 2 is 2.31 bits per heavy atom. The predicted molar refractivity (Wildman–Crippen MR) is 46.2 cm³/mol. The Morgan fingerprint density at radius 1 is 1.54 bits per heavy atom. The minimum atomic E-state index is 0.212. The summed E-state index contributed by atoms with van der Waals surface area (Å²) in [5, 5.41) is 8.62. The Hall–Kier alpha value is -1.89. The van der Waals surface area contributed by atoms with Gasteiger partial charge in [-0.05, 0) is 12.1 Å². The van der Waals surface area contributed by atoms with Gasteiger partial charge in [0.15, 0.2) is 5.78 Å². The van der Waals surface area contributed by atoms with Crippen molar-refractivity contribution in [2.45, 2.75) is 0 Å². The molecule has 64 valence electrons. The van der Waals surface area contributed by atoms with Crippen LogP contribution in [0.1, 0.15) is 5.56 Å². The van der Waals surface area contributed by atoms with Gasteiger partial charge in [-0.3, -0.25) is 4.79 Å². The molecule has 0 atom stereocenters. The van der Waals surface area contributed by atoms with Crippen molar-refractivity contribution in [2.75, 3.05) is 18.0 Å². The van der Waals surface area contributed by atoms with Crippen LogP contribution in [0.2, 0.25) is 0 Å². The highest BCUT2D eigenvalue weighted by Gasteiger charge is 2.24. The Balaban J connectivity index is 2.22. The number of hydrogen-bond acceptors (Lipinski definition) is 4. The SMILES string of the molecule is N#Cc1ccnc(N2CC(=O)C2)c1. The van der Waals surface area contributed by atoms with E-state index in [1.807, 2.05) is 11.0 Å². The molecule has 1 saturated heterocycles. The fraction of sp³-hybridized carbons (Fsp3) is 0.222. The van der Waals surface area contributed by atoms with Gasteiger partial charge in [0.2, 0.25) is 0 Å². The molecule has 4 nitrogen and oxygen atoms in total. The van der Waals surface area contributed by atoms with Crippen molar-refractivity contribution < 1.29 is 4.79 Å². The average Bonchev–Trinajstić information content (AvgIpc) is 2.13. The van der Waals surface area contributed by atoms with Crippen LogP contribution in [-0.2, 0) is 4.79 Å². The first-order valence-corrected chi connectivity index (χ1v) is 3.92. The predicted octanol–water partition coefficient (Wildman–Crippen LogP) is 0.342. The van der Waals surface area contributed by atoms with Crippen LogP contribution in [0.4, 0.5) is 5.82 Å². The van der Waals surface area contributed by atoms with Crippen molar-refractivity contribution in [3.8, 4) is 6.07 Å². The number of rotatable bonds is 1. The fourth-order valence-corrected chi connectivity index (χ4v) is 1.20. The molecule has 0 saturated carbocycles. The van der Waals surface area contributed by atoms with Crippen LogP contribution in [0.15, 0.2) is 18.3 Å². The summed E-state index contributed by atoms with van der Waals surface area (Å²) in [5.41, 5.74) is 0.573. The molecule has 1 aromatic heterocycles. The van der Waals surface area contributed by atoms with Gasteiger partial charge in [0.25, 0.3) is 0 Å². The zero-order valence-corrected chi connectivity index (χ0v) is 6.90. The van der Waals surface area contributed by atoms with Crippen LogP contribution in [-0.4, -0.2) is 23.9 Å². The quantitative estimate of drug-likeness (QED) is 0.614. The van der Waals surface area contributed by atoms with Crippen LogP contribution in [0.3, 0.4) is 0 Å². The number of anilines is 1. The molecule has 0 amide bonds. The van der Waals surface area contributed by atoms with Crippen LogP contribution in [0.25, 0.3) is 0 Å². The summed E-state index contributed by atoms with van der Waals surface area (Å²) < 4.78 is 0. The number of nitrogens with zero attached hydrogens (tertiary/aromatic N) is 3. The molecular formula is C9H7N3O. The summed E-state index contributed by atoms with van der Waals surface area (Å²) in [6.07, 6.45) is 1.58. The van der Waals surface area contributed by atoms with Gasteiger partial charge in [0.05, 0.1) is 24.7 Å². The summed E-state index contributed by atoms with van der Waals surface area (Å²) in [6, 6.07) is 5.36. The number of Topliss-reactive ketones (excluding diaryl/α,β-unsaturated/α-hetero) is 1. The van der Waals surface area contributed by atoms with E-state index in [2.05, 4.69) is 4.98 Å². The number of aromatic nitrogens is 1. The maximum Gasteiger partial charge on any atom is 0.171 e. The number of carbonyl (C=O) groups is 1. The second-order valence-corrected chi connectivity index (χ2v) is 2.91. The average molecular weight is 173 g/mol. The van der Waals surface area contributed by atoms with E-state index in [1.54, 1.807) is 18.3 Å². The van der Waals surface area contributed by atoms with E-state index < -0.39 is 0 Å². The van der Waals surface area contributed by atoms with E-state index in [0.29, 0.717) is 24.5 Å². The van der Waals surface area contributed by atoms with Gasteiger partial charge in [-0.15, -0.1) is 0 Å². The lowest BCUT2D eigenvalue weighted by Gasteiger charge is -2.30. The van der Waals surface area contributed by atoms with E-state index in [0.717, 1.165) is 0 Å². The topological polar surface area (TPSA) is 57.0 Å². The number of ketones is 1. The Morgan fingerprint density at radius 3 is 2.92 bits per heavy atom. The van der Waals surface area contributed by atoms with Gasteiger partial charge in [0, 0.05) is 6.20 Å². The lowest BCUT2D eigenvalue weighted by atomic mass is 10.2. The highest BCUT2D eigenvalue weighted by molar-refractivity contribution is 5.94. The first-order chi connectivity index (χ1) is 6.29. The maximum atomic E-state index is 10.7. The smallest absolute Gasteiger partial charge is 0.171 e. The molecule has 2 rings (SSSR count). The third-order valence-electron chi connectivity index (χ3n) is 1.93. The zero-order chi connectivity index (χ0) is 9.26. The maximum absolute atomic E-state index is 10.7. The van der Waals surface area contributed by atoms with Crippen LogP contribution >= 0.6 is 0 Å². The molecule has 13 heavy (non-hydrogen) atoms. The van der Waals surface area contributed by atoms with Crippen molar-refractivity contribution in [3.05, 3.63) is 23.9 Å². The van der Waals surface area contributed by atoms with Gasteiger partial charge < -0.3 is 4.90 Å². The lowest BCUT2D eigenvalue weighted by molar-refractivity contribution is -0.119. The number of pyridine rings is 1. The van der Waals surface area contributed by atoms with Gasteiger partial charge in [-0.25, -0.2) is 4.98 Å². The minimum absolute atomic E-state index is 0.212. The summed E-state index contributed by atoms with van der Waals surface area (Å²) in [5.74, 6) is 0.919. The van der Waals surface area contributed by atoms with Crippen molar-refractivity contribution in [1.29, 1.82) is 5.26 Å². The van der Waals surface area contributed by atoms with Crippen LogP contribution in [0.5, 0.6) is 0 Å².